The summed E-state index contributed by atoms with van der Waals surface area (Å²) in [6, 6.07) is -0.507. The Balaban J connectivity index is 4.48. The fourth-order valence-electron chi connectivity index (χ4n) is 1.10. The molecule has 2 atom stereocenters. The minimum absolute atomic E-state index is 0.158. The first-order valence-electron chi connectivity index (χ1n) is 5.17. The summed E-state index contributed by atoms with van der Waals surface area (Å²) in [5.41, 5.74) is -1.27. The molecular formula is C10H20N2O4. The van der Waals surface area contributed by atoms with Crippen LogP contribution >= 0.6 is 0 Å². The third-order valence-electron chi connectivity index (χ3n) is 2.45. The van der Waals surface area contributed by atoms with Crippen molar-refractivity contribution < 1.29 is 19.8 Å². The lowest BCUT2D eigenvalue weighted by molar-refractivity contribution is -0.143. The Morgan fingerprint density at radius 3 is 2.31 bits per heavy atom. The van der Waals surface area contributed by atoms with Gasteiger partial charge in [-0.05, 0) is 20.3 Å². The third-order valence-corrected chi connectivity index (χ3v) is 2.45. The highest BCUT2D eigenvalue weighted by Gasteiger charge is 2.33. The molecule has 2 unspecified atom stereocenters. The van der Waals surface area contributed by atoms with Crippen molar-refractivity contribution in [1.82, 2.24) is 10.2 Å². The van der Waals surface area contributed by atoms with Crippen molar-refractivity contribution in [1.29, 1.82) is 0 Å². The van der Waals surface area contributed by atoms with Crippen LogP contribution in [0.3, 0.4) is 0 Å². The first-order chi connectivity index (χ1) is 7.23. The molecule has 0 aromatic rings. The van der Waals surface area contributed by atoms with E-state index in [1.54, 1.807) is 13.8 Å². The summed E-state index contributed by atoms with van der Waals surface area (Å²) in [7, 11) is 1.50. The van der Waals surface area contributed by atoms with Gasteiger partial charge < -0.3 is 20.4 Å². The van der Waals surface area contributed by atoms with E-state index in [1.807, 2.05) is 0 Å². The van der Waals surface area contributed by atoms with Crippen LogP contribution in [0.5, 0.6) is 0 Å². The largest absolute Gasteiger partial charge is 0.480 e. The van der Waals surface area contributed by atoms with Gasteiger partial charge in [0, 0.05) is 13.6 Å². The number of amides is 2. The van der Waals surface area contributed by atoms with Crippen LogP contribution in [-0.4, -0.2) is 52.3 Å². The van der Waals surface area contributed by atoms with Gasteiger partial charge in [-0.25, -0.2) is 9.59 Å². The summed E-state index contributed by atoms with van der Waals surface area (Å²) in [4.78, 5) is 23.8. The standard InChI is InChI=1S/C10H20N2O4/c1-5-10(3,8(14)15)11-9(16)12(4)6-7(2)13/h7,13H,5-6H2,1-4H3,(H,11,16)(H,14,15). The number of likely N-dealkylation sites (N-methyl/N-ethyl adjacent to an activating group) is 1. The summed E-state index contributed by atoms with van der Waals surface area (Å²) in [6.07, 6.45) is -0.357. The zero-order chi connectivity index (χ0) is 12.9. The molecule has 0 heterocycles. The van der Waals surface area contributed by atoms with Gasteiger partial charge >= 0.3 is 12.0 Å². The van der Waals surface area contributed by atoms with Crippen molar-refractivity contribution in [2.75, 3.05) is 13.6 Å². The lowest BCUT2D eigenvalue weighted by Crippen LogP contribution is -2.55. The molecule has 0 saturated heterocycles. The first kappa shape index (κ1) is 14.7. The highest BCUT2D eigenvalue weighted by atomic mass is 16.4. The molecule has 0 saturated carbocycles. The highest BCUT2D eigenvalue weighted by molar-refractivity contribution is 5.85. The van der Waals surface area contributed by atoms with Crippen molar-refractivity contribution >= 4 is 12.0 Å². The number of hydrogen-bond acceptors (Lipinski definition) is 3. The zero-order valence-corrected chi connectivity index (χ0v) is 10.1. The van der Waals surface area contributed by atoms with Gasteiger partial charge in [0.2, 0.25) is 0 Å². The molecule has 6 nitrogen and oxygen atoms in total. The van der Waals surface area contributed by atoms with E-state index in [-0.39, 0.29) is 13.0 Å². The van der Waals surface area contributed by atoms with Crippen LogP contribution in [0.2, 0.25) is 0 Å². The topological polar surface area (TPSA) is 89.9 Å². The van der Waals surface area contributed by atoms with Gasteiger partial charge in [-0.1, -0.05) is 6.92 Å². The average molecular weight is 232 g/mol. The molecule has 0 aliphatic carbocycles. The lowest BCUT2D eigenvalue weighted by Gasteiger charge is -2.28. The maximum absolute atomic E-state index is 11.6. The van der Waals surface area contributed by atoms with Crippen molar-refractivity contribution in [3.8, 4) is 0 Å². The number of aliphatic hydroxyl groups is 1. The Morgan fingerprint density at radius 2 is 2.00 bits per heavy atom. The number of carboxylic acids is 1. The first-order valence-corrected chi connectivity index (χ1v) is 5.17. The number of carbonyl (C=O) groups is 2. The molecule has 0 aromatic carbocycles. The molecule has 0 radical (unpaired) electrons. The Kier molecular flexibility index (Phi) is 5.23. The number of nitrogens with one attached hydrogen (secondary N) is 1. The van der Waals surface area contributed by atoms with Crippen LogP contribution in [0.1, 0.15) is 27.2 Å². The number of carboxylic acid groups (broad SMARTS) is 1. The van der Waals surface area contributed by atoms with Gasteiger partial charge in [0.05, 0.1) is 6.10 Å². The van der Waals surface area contributed by atoms with Crippen LogP contribution in [0.25, 0.3) is 0 Å². The Hall–Kier alpha value is -1.30. The van der Waals surface area contributed by atoms with E-state index < -0.39 is 23.6 Å². The van der Waals surface area contributed by atoms with Crippen molar-refractivity contribution in [3.63, 3.8) is 0 Å². The average Bonchev–Trinajstić information content (AvgIpc) is 2.16. The molecule has 0 fully saturated rings. The van der Waals surface area contributed by atoms with Gasteiger partial charge in [-0.2, -0.15) is 0 Å². The summed E-state index contributed by atoms with van der Waals surface area (Å²) >= 11 is 0. The maximum atomic E-state index is 11.6. The molecule has 94 valence electrons. The Labute approximate surface area is 95.2 Å². The molecule has 0 aliphatic heterocycles. The SMILES string of the molecule is CCC(C)(NC(=O)N(C)CC(C)O)C(=O)O. The van der Waals surface area contributed by atoms with E-state index >= 15 is 0 Å². The zero-order valence-electron chi connectivity index (χ0n) is 10.1. The van der Waals surface area contributed by atoms with Crippen molar-refractivity contribution in [3.05, 3.63) is 0 Å². The van der Waals surface area contributed by atoms with Gasteiger partial charge in [-0.3, -0.25) is 0 Å². The summed E-state index contributed by atoms with van der Waals surface area (Å²) in [5, 5.41) is 20.5. The predicted molar refractivity (Wildman–Crippen MR) is 59.2 cm³/mol. The van der Waals surface area contributed by atoms with E-state index in [1.165, 1.54) is 18.9 Å². The molecule has 0 rings (SSSR count). The second-order valence-electron chi connectivity index (χ2n) is 4.15. The second-order valence-corrected chi connectivity index (χ2v) is 4.15. The summed E-state index contributed by atoms with van der Waals surface area (Å²) < 4.78 is 0. The molecule has 6 heteroatoms. The van der Waals surface area contributed by atoms with E-state index in [2.05, 4.69) is 5.32 Å². The second kappa shape index (κ2) is 5.69. The minimum Gasteiger partial charge on any atom is -0.480 e. The molecule has 0 aliphatic rings. The maximum Gasteiger partial charge on any atom is 0.329 e. The summed E-state index contributed by atoms with van der Waals surface area (Å²) in [5.74, 6) is -1.08. The van der Waals surface area contributed by atoms with Gasteiger partial charge in [0.15, 0.2) is 0 Å². The molecule has 0 spiro atoms. The van der Waals surface area contributed by atoms with E-state index in [4.69, 9.17) is 10.2 Å². The number of rotatable bonds is 5. The highest BCUT2D eigenvalue weighted by Crippen LogP contribution is 2.09. The molecule has 3 N–H and O–H groups in total. The smallest absolute Gasteiger partial charge is 0.329 e. The van der Waals surface area contributed by atoms with Crippen LogP contribution in [-0.2, 0) is 4.79 Å². The fourth-order valence-corrected chi connectivity index (χ4v) is 1.10. The van der Waals surface area contributed by atoms with Crippen LogP contribution in [0.4, 0.5) is 4.79 Å². The number of aliphatic hydroxyl groups excluding tert-OH is 1. The van der Waals surface area contributed by atoms with Crippen molar-refractivity contribution in [2.45, 2.75) is 38.8 Å². The molecule has 2 amide bonds. The number of aliphatic carboxylic acids is 1. The fraction of sp³-hybridized carbons (Fsp3) is 0.800. The van der Waals surface area contributed by atoms with Gasteiger partial charge in [0.1, 0.15) is 5.54 Å². The Bertz CT molecular complexity index is 268. The van der Waals surface area contributed by atoms with Crippen LogP contribution in [0.15, 0.2) is 0 Å². The number of hydrogen-bond donors (Lipinski definition) is 3. The number of nitrogens with zero attached hydrogens (tertiary/aromatic N) is 1. The molecule has 16 heavy (non-hydrogen) atoms. The Morgan fingerprint density at radius 1 is 1.50 bits per heavy atom. The number of urea groups is 1. The third kappa shape index (κ3) is 4.06. The minimum atomic E-state index is -1.27. The number of carbonyl (C=O) groups excluding carboxylic acids is 1. The van der Waals surface area contributed by atoms with Crippen molar-refractivity contribution in [2.24, 2.45) is 0 Å². The normalized spacial score (nSPS) is 16.1. The van der Waals surface area contributed by atoms with Crippen LogP contribution < -0.4 is 5.32 Å². The molecule has 0 bridgehead atoms. The van der Waals surface area contributed by atoms with E-state index in [0.29, 0.717) is 0 Å². The summed E-state index contributed by atoms with van der Waals surface area (Å²) in [6.45, 7) is 4.84. The monoisotopic (exact) mass is 232 g/mol. The lowest BCUT2D eigenvalue weighted by atomic mass is 10.00. The van der Waals surface area contributed by atoms with Crippen LogP contribution in [0, 0.1) is 0 Å². The molecular weight excluding hydrogens is 212 g/mol. The quantitative estimate of drug-likeness (QED) is 0.634. The predicted octanol–water partition coefficient (Wildman–Crippen LogP) is 0.262. The molecule has 0 aromatic heterocycles. The van der Waals surface area contributed by atoms with Gasteiger partial charge in [0.25, 0.3) is 0 Å². The van der Waals surface area contributed by atoms with E-state index in [0.717, 1.165) is 0 Å². The van der Waals surface area contributed by atoms with Gasteiger partial charge in [-0.15, -0.1) is 0 Å². The van der Waals surface area contributed by atoms with E-state index in [9.17, 15) is 9.59 Å².